The maximum atomic E-state index is 13.4. The zero-order chi connectivity index (χ0) is 24.6. The Bertz CT molecular complexity index is 1090. The highest BCUT2D eigenvalue weighted by molar-refractivity contribution is 5.91. The SMILES string of the molecule is CC(c1ccccc1)N(CCC(=O)NCc1ccccc1)C(=O)Nc1ccccc1C(F)(F)F. The summed E-state index contributed by atoms with van der Waals surface area (Å²) in [5.41, 5.74) is 0.466. The molecular formula is C26H26F3N3O2. The zero-order valence-corrected chi connectivity index (χ0v) is 18.7. The number of carbonyl (C=O) groups excluding carboxylic acids is 2. The van der Waals surface area contributed by atoms with Gasteiger partial charge in [-0.2, -0.15) is 13.2 Å². The van der Waals surface area contributed by atoms with Crippen LogP contribution >= 0.6 is 0 Å². The molecule has 0 bridgehead atoms. The molecule has 0 aromatic heterocycles. The van der Waals surface area contributed by atoms with E-state index in [4.69, 9.17) is 0 Å². The normalized spacial score (nSPS) is 12.0. The molecule has 0 spiro atoms. The molecule has 0 aliphatic heterocycles. The van der Waals surface area contributed by atoms with Crippen molar-refractivity contribution in [1.82, 2.24) is 10.2 Å². The van der Waals surface area contributed by atoms with Crippen molar-refractivity contribution >= 4 is 17.6 Å². The van der Waals surface area contributed by atoms with Gasteiger partial charge in [0.1, 0.15) is 0 Å². The van der Waals surface area contributed by atoms with Gasteiger partial charge in [-0.05, 0) is 30.2 Å². The molecule has 1 unspecified atom stereocenters. The van der Waals surface area contributed by atoms with Gasteiger partial charge >= 0.3 is 12.2 Å². The Morgan fingerprint density at radius 3 is 2.12 bits per heavy atom. The number of halogens is 3. The van der Waals surface area contributed by atoms with E-state index in [0.29, 0.717) is 6.54 Å². The predicted octanol–water partition coefficient (Wildman–Crippen LogP) is 6.01. The minimum atomic E-state index is -4.61. The number of hydrogen-bond donors (Lipinski definition) is 2. The van der Waals surface area contributed by atoms with Crippen LogP contribution in [0.25, 0.3) is 0 Å². The Morgan fingerprint density at radius 2 is 1.47 bits per heavy atom. The second kappa shape index (κ2) is 11.4. The fourth-order valence-electron chi connectivity index (χ4n) is 3.52. The molecule has 3 amide bonds. The first kappa shape index (κ1) is 24.8. The minimum Gasteiger partial charge on any atom is -0.352 e. The third-order valence-electron chi connectivity index (χ3n) is 5.40. The molecule has 3 rings (SSSR count). The highest BCUT2D eigenvalue weighted by atomic mass is 19.4. The number of amides is 3. The summed E-state index contributed by atoms with van der Waals surface area (Å²) in [4.78, 5) is 26.9. The van der Waals surface area contributed by atoms with Crippen molar-refractivity contribution in [3.63, 3.8) is 0 Å². The van der Waals surface area contributed by atoms with E-state index >= 15 is 0 Å². The van der Waals surface area contributed by atoms with Crippen molar-refractivity contribution in [2.75, 3.05) is 11.9 Å². The number of urea groups is 1. The van der Waals surface area contributed by atoms with Crippen molar-refractivity contribution in [1.29, 1.82) is 0 Å². The standard InChI is InChI=1S/C26H26F3N3O2/c1-19(21-12-6-3-7-13-21)32(17-16-24(33)30-18-20-10-4-2-5-11-20)25(34)31-23-15-9-8-14-22(23)26(27,28)29/h2-15,19H,16-18H2,1H3,(H,30,33)(H,31,34). The molecule has 0 aliphatic carbocycles. The van der Waals surface area contributed by atoms with Crippen LogP contribution < -0.4 is 10.6 Å². The largest absolute Gasteiger partial charge is 0.418 e. The fraction of sp³-hybridized carbons (Fsp3) is 0.231. The smallest absolute Gasteiger partial charge is 0.352 e. The topological polar surface area (TPSA) is 61.4 Å². The lowest BCUT2D eigenvalue weighted by molar-refractivity contribution is -0.137. The number of nitrogens with zero attached hydrogens (tertiary/aromatic N) is 1. The molecule has 34 heavy (non-hydrogen) atoms. The van der Waals surface area contributed by atoms with Gasteiger partial charge in [0.25, 0.3) is 0 Å². The van der Waals surface area contributed by atoms with Crippen LogP contribution in [0.5, 0.6) is 0 Å². The van der Waals surface area contributed by atoms with E-state index in [1.165, 1.54) is 23.1 Å². The van der Waals surface area contributed by atoms with Gasteiger partial charge in [0.2, 0.25) is 5.91 Å². The van der Waals surface area contributed by atoms with E-state index in [2.05, 4.69) is 10.6 Å². The van der Waals surface area contributed by atoms with Crippen LogP contribution in [0.3, 0.4) is 0 Å². The Morgan fingerprint density at radius 1 is 0.882 bits per heavy atom. The molecule has 0 radical (unpaired) electrons. The summed E-state index contributed by atoms with van der Waals surface area (Å²) in [6, 6.07) is 22.1. The summed E-state index contributed by atoms with van der Waals surface area (Å²) in [6.45, 7) is 2.14. The Balaban J connectivity index is 1.73. The van der Waals surface area contributed by atoms with Crippen LogP contribution in [-0.2, 0) is 17.5 Å². The lowest BCUT2D eigenvalue weighted by Gasteiger charge is -2.30. The first-order valence-electron chi connectivity index (χ1n) is 10.8. The van der Waals surface area contributed by atoms with Crippen molar-refractivity contribution < 1.29 is 22.8 Å². The molecule has 1 atom stereocenters. The van der Waals surface area contributed by atoms with Gasteiger partial charge < -0.3 is 15.5 Å². The van der Waals surface area contributed by atoms with Crippen molar-refractivity contribution in [2.24, 2.45) is 0 Å². The molecule has 2 N–H and O–H groups in total. The second-order valence-corrected chi connectivity index (χ2v) is 7.77. The molecule has 8 heteroatoms. The first-order valence-corrected chi connectivity index (χ1v) is 10.8. The minimum absolute atomic E-state index is 0.00164. The zero-order valence-electron chi connectivity index (χ0n) is 18.7. The van der Waals surface area contributed by atoms with Gasteiger partial charge in [-0.25, -0.2) is 4.79 Å². The molecule has 0 saturated carbocycles. The highest BCUT2D eigenvalue weighted by Gasteiger charge is 2.34. The summed E-state index contributed by atoms with van der Waals surface area (Å²) in [5, 5.41) is 5.19. The molecule has 3 aromatic rings. The third-order valence-corrected chi connectivity index (χ3v) is 5.40. The van der Waals surface area contributed by atoms with Gasteiger partial charge in [-0.15, -0.1) is 0 Å². The Labute approximate surface area is 196 Å². The quantitative estimate of drug-likeness (QED) is 0.425. The summed E-state index contributed by atoms with van der Waals surface area (Å²) in [5.74, 6) is -0.266. The molecule has 3 aromatic carbocycles. The van der Waals surface area contributed by atoms with Crippen LogP contribution in [-0.4, -0.2) is 23.4 Å². The van der Waals surface area contributed by atoms with E-state index in [1.54, 1.807) is 6.92 Å². The summed E-state index contributed by atoms with van der Waals surface area (Å²) < 4.78 is 40.2. The summed E-state index contributed by atoms with van der Waals surface area (Å²) in [6.07, 6.45) is -4.62. The predicted molar refractivity (Wildman–Crippen MR) is 125 cm³/mol. The van der Waals surface area contributed by atoms with Gasteiger partial charge in [0.15, 0.2) is 0 Å². The van der Waals surface area contributed by atoms with Crippen LogP contribution in [0.15, 0.2) is 84.9 Å². The molecule has 0 aliphatic rings. The van der Waals surface area contributed by atoms with Gasteiger partial charge in [0.05, 0.1) is 17.3 Å². The molecule has 0 fully saturated rings. The van der Waals surface area contributed by atoms with Crippen LogP contribution in [0.2, 0.25) is 0 Å². The number of carbonyl (C=O) groups is 2. The Hall–Kier alpha value is -3.81. The summed E-state index contributed by atoms with van der Waals surface area (Å²) in [7, 11) is 0. The Kier molecular flexibility index (Phi) is 8.29. The average Bonchev–Trinajstić information content (AvgIpc) is 2.83. The van der Waals surface area contributed by atoms with E-state index < -0.39 is 23.8 Å². The van der Waals surface area contributed by atoms with E-state index in [0.717, 1.165) is 17.2 Å². The molecular weight excluding hydrogens is 443 g/mol. The maximum absolute atomic E-state index is 13.4. The fourth-order valence-corrected chi connectivity index (χ4v) is 3.52. The number of para-hydroxylation sites is 1. The number of hydrogen-bond acceptors (Lipinski definition) is 2. The third kappa shape index (κ3) is 6.84. The van der Waals surface area contributed by atoms with E-state index in [1.807, 2.05) is 60.7 Å². The molecule has 5 nitrogen and oxygen atoms in total. The molecule has 0 heterocycles. The second-order valence-electron chi connectivity index (χ2n) is 7.77. The molecule has 0 saturated heterocycles. The van der Waals surface area contributed by atoms with Crippen LogP contribution in [0.4, 0.5) is 23.7 Å². The first-order chi connectivity index (χ1) is 16.3. The molecule has 178 valence electrons. The summed E-state index contributed by atoms with van der Waals surface area (Å²) >= 11 is 0. The lowest BCUT2D eigenvalue weighted by atomic mass is 10.1. The maximum Gasteiger partial charge on any atom is 0.418 e. The number of nitrogens with one attached hydrogen (secondary N) is 2. The van der Waals surface area contributed by atoms with Gasteiger partial charge in [-0.3, -0.25) is 4.79 Å². The van der Waals surface area contributed by atoms with Crippen molar-refractivity contribution in [2.45, 2.75) is 32.1 Å². The number of rotatable bonds is 8. The van der Waals surface area contributed by atoms with E-state index in [-0.39, 0.29) is 24.6 Å². The van der Waals surface area contributed by atoms with Crippen LogP contribution in [0.1, 0.15) is 36.1 Å². The van der Waals surface area contributed by atoms with Gasteiger partial charge in [0, 0.05) is 19.5 Å². The highest BCUT2D eigenvalue weighted by Crippen LogP contribution is 2.35. The lowest BCUT2D eigenvalue weighted by Crippen LogP contribution is -2.40. The van der Waals surface area contributed by atoms with Crippen LogP contribution in [0, 0.1) is 0 Å². The number of alkyl halides is 3. The number of anilines is 1. The van der Waals surface area contributed by atoms with Crippen molar-refractivity contribution in [3.8, 4) is 0 Å². The van der Waals surface area contributed by atoms with Gasteiger partial charge in [-0.1, -0.05) is 72.8 Å². The average molecular weight is 470 g/mol. The van der Waals surface area contributed by atoms with E-state index in [9.17, 15) is 22.8 Å². The number of benzene rings is 3. The van der Waals surface area contributed by atoms with Crippen molar-refractivity contribution in [3.05, 3.63) is 102 Å². The monoisotopic (exact) mass is 469 g/mol.